The molecule has 2 heterocycles. The fraction of sp³-hybridized carbons (Fsp3) is 0.545. The maximum atomic E-state index is 13.4. The van der Waals surface area contributed by atoms with Gasteiger partial charge in [0.25, 0.3) is 11.9 Å². The van der Waals surface area contributed by atoms with E-state index in [4.69, 9.17) is 0 Å². The minimum Gasteiger partial charge on any atom is -0.376 e. The van der Waals surface area contributed by atoms with E-state index in [2.05, 4.69) is 10.3 Å². The highest BCUT2D eigenvalue weighted by Gasteiger charge is 2.35. The quantitative estimate of drug-likeness (QED) is 0.686. The van der Waals surface area contributed by atoms with Crippen molar-refractivity contribution in [1.82, 2.24) is 9.88 Å². The van der Waals surface area contributed by atoms with Gasteiger partial charge in [-0.25, -0.2) is 0 Å². The number of nitrogens with zero attached hydrogens (tertiary/aromatic N) is 2. The Morgan fingerprint density at radius 3 is 2.19 bits per heavy atom. The monoisotopic (exact) mass is 317 g/mol. The molecule has 1 aliphatic heterocycles. The van der Waals surface area contributed by atoms with Crippen molar-refractivity contribution in [3.63, 3.8) is 0 Å². The van der Waals surface area contributed by atoms with Crippen molar-refractivity contribution in [3.8, 4) is 0 Å². The Balaban J connectivity index is 2.07. The third kappa shape index (κ3) is 3.74. The van der Waals surface area contributed by atoms with Gasteiger partial charge in [0.2, 0.25) is 11.6 Å². The maximum absolute atomic E-state index is 13.4. The van der Waals surface area contributed by atoms with E-state index in [9.17, 15) is 30.7 Å². The Kier molecular flexibility index (Phi) is 4.26. The van der Waals surface area contributed by atoms with E-state index in [1.54, 1.807) is 0 Å². The Morgan fingerprint density at radius 1 is 1.10 bits per heavy atom. The molecule has 0 aromatic carbocycles. The van der Waals surface area contributed by atoms with Gasteiger partial charge >= 0.3 is 6.18 Å². The van der Waals surface area contributed by atoms with Crippen LogP contribution in [0.5, 0.6) is 0 Å². The van der Waals surface area contributed by atoms with Crippen LogP contribution in [0.25, 0.3) is 0 Å². The zero-order valence-electron chi connectivity index (χ0n) is 10.4. The molecule has 0 radical (unpaired) electrons. The van der Waals surface area contributed by atoms with Gasteiger partial charge < -0.3 is 5.32 Å². The zero-order chi connectivity index (χ0) is 15.8. The molecule has 0 spiro atoms. The van der Waals surface area contributed by atoms with Gasteiger partial charge in [-0.15, -0.1) is 0 Å². The van der Waals surface area contributed by atoms with Gasteiger partial charge in [0, 0.05) is 19.1 Å². The largest absolute Gasteiger partial charge is 0.401 e. The van der Waals surface area contributed by atoms with Gasteiger partial charge in [-0.2, -0.15) is 35.7 Å². The molecule has 118 valence electrons. The van der Waals surface area contributed by atoms with Crippen molar-refractivity contribution in [2.45, 2.75) is 18.6 Å². The van der Waals surface area contributed by atoms with E-state index in [1.165, 1.54) is 0 Å². The van der Waals surface area contributed by atoms with Crippen LogP contribution in [-0.4, -0.2) is 41.7 Å². The first-order valence-electron chi connectivity index (χ1n) is 5.93. The molecule has 1 aromatic heterocycles. The first kappa shape index (κ1) is 15.8. The summed E-state index contributed by atoms with van der Waals surface area (Å²) in [6.07, 6.45) is -4.24. The van der Waals surface area contributed by atoms with Gasteiger partial charge in [0.05, 0.1) is 6.54 Å². The van der Waals surface area contributed by atoms with Crippen molar-refractivity contribution in [1.29, 1.82) is 0 Å². The van der Waals surface area contributed by atoms with Crippen LogP contribution in [0.4, 0.5) is 36.4 Å². The molecule has 1 saturated heterocycles. The number of alkyl halides is 3. The Bertz CT molecular complexity index is 505. The summed E-state index contributed by atoms with van der Waals surface area (Å²) in [4.78, 5) is 3.42. The molecule has 0 saturated carbocycles. The highest BCUT2D eigenvalue weighted by molar-refractivity contribution is 5.46. The van der Waals surface area contributed by atoms with Crippen LogP contribution in [0.2, 0.25) is 0 Å². The number of hydrogen-bond acceptors (Lipinski definition) is 3. The lowest BCUT2D eigenvalue weighted by Gasteiger charge is -2.19. The fourth-order valence-corrected chi connectivity index (χ4v) is 2.17. The van der Waals surface area contributed by atoms with Crippen LogP contribution in [0.15, 0.2) is 0 Å². The fourth-order valence-electron chi connectivity index (χ4n) is 2.17. The number of rotatable bonds is 3. The van der Waals surface area contributed by atoms with E-state index < -0.39 is 48.0 Å². The normalized spacial score (nSPS) is 20.0. The summed E-state index contributed by atoms with van der Waals surface area (Å²) in [5.41, 5.74) is -1.06. The Morgan fingerprint density at radius 2 is 1.67 bits per heavy atom. The maximum Gasteiger partial charge on any atom is 0.401 e. The third-order valence-electron chi connectivity index (χ3n) is 3.02. The van der Waals surface area contributed by atoms with Crippen LogP contribution < -0.4 is 5.32 Å². The van der Waals surface area contributed by atoms with Crippen molar-refractivity contribution >= 4 is 5.69 Å². The number of hydrogen-bond donors (Lipinski definition) is 1. The van der Waals surface area contributed by atoms with Gasteiger partial charge in [0.1, 0.15) is 5.69 Å². The number of aromatic nitrogens is 1. The number of nitrogens with one attached hydrogen (secondary N) is 1. The van der Waals surface area contributed by atoms with E-state index in [0.717, 1.165) is 4.90 Å². The molecule has 21 heavy (non-hydrogen) atoms. The number of halogens is 7. The van der Waals surface area contributed by atoms with Gasteiger partial charge in [0.15, 0.2) is 0 Å². The molecule has 1 aliphatic rings. The summed E-state index contributed by atoms with van der Waals surface area (Å²) in [6, 6.07) is -0.752. The molecular formula is C11H10F7N3. The van der Waals surface area contributed by atoms with Gasteiger partial charge in [-0.05, 0) is 6.42 Å². The molecule has 10 heteroatoms. The van der Waals surface area contributed by atoms with Gasteiger partial charge in [-0.1, -0.05) is 0 Å². The van der Waals surface area contributed by atoms with Crippen molar-refractivity contribution in [2.75, 3.05) is 25.0 Å². The second-order valence-electron chi connectivity index (χ2n) is 4.68. The smallest absolute Gasteiger partial charge is 0.376 e. The van der Waals surface area contributed by atoms with Crippen LogP contribution in [0, 0.1) is 23.5 Å². The highest BCUT2D eigenvalue weighted by atomic mass is 19.4. The summed E-state index contributed by atoms with van der Waals surface area (Å²) < 4.78 is 89.1. The van der Waals surface area contributed by atoms with Crippen molar-refractivity contribution in [3.05, 3.63) is 23.5 Å². The molecule has 1 N–H and O–H groups in total. The average molecular weight is 317 g/mol. The minimum absolute atomic E-state index is 0.0520. The minimum atomic E-state index is -4.39. The van der Waals surface area contributed by atoms with E-state index in [1.807, 2.05) is 0 Å². The molecule has 2 rings (SSSR count). The highest BCUT2D eigenvalue weighted by Crippen LogP contribution is 2.26. The molecular weight excluding hydrogens is 307 g/mol. The first-order valence-corrected chi connectivity index (χ1v) is 5.93. The second kappa shape index (κ2) is 5.66. The van der Waals surface area contributed by atoms with E-state index in [0.29, 0.717) is 0 Å². The van der Waals surface area contributed by atoms with E-state index in [-0.39, 0.29) is 19.5 Å². The number of likely N-dealkylation sites (tertiary alicyclic amines) is 1. The molecule has 1 fully saturated rings. The Hall–Kier alpha value is -1.58. The molecule has 1 unspecified atom stereocenters. The lowest BCUT2D eigenvalue weighted by atomic mass is 10.2. The topological polar surface area (TPSA) is 28.2 Å². The predicted molar refractivity (Wildman–Crippen MR) is 58.6 cm³/mol. The third-order valence-corrected chi connectivity index (χ3v) is 3.02. The second-order valence-corrected chi connectivity index (χ2v) is 4.68. The zero-order valence-corrected chi connectivity index (χ0v) is 10.4. The lowest BCUT2D eigenvalue weighted by molar-refractivity contribution is -0.143. The van der Waals surface area contributed by atoms with E-state index >= 15 is 0 Å². The first-order chi connectivity index (χ1) is 9.67. The Labute approximate surface area is 114 Å². The standard InChI is InChI=1S/C11H10F7N3/c12-6-8(7(13)10(15)20-9(6)14)19-5-1-2-21(3-5)4-11(16,17)18/h5H,1-4H2,(H,19,20). The molecule has 1 aromatic rings. The van der Waals surface area contributed by atoms with Crippen LogP contribution in [0.3, 0.4) is 0 Å². The van der Waals surface area contributed by atoms with Crippen LogP contribution in [-0.2, 0) is 0 Å². The predicted octanol–water partition coefficient (Wildman–Crippen LogP) is 2.69. The summed E-state index contributed by atoms with van der Waals surface area (Å²) in [7, 11) is 0. The average Bonchev–Trinajstić information content (AvgIpc) is 2.77. The molecule has 0 aliphatic carbocycles. The summed E-state index contributed by atoms with van der Waals surface area (Å²) >= 11 is 0. The number of pyridine rings is 1. The summed E-state index contributed by atoms with van der Waals surface area (Å²) in [5.74, 6) is -7.05. The van der Waals surface area contributed by atoms with Crippen LogP contribution >= 0.6 is 0 Å². The SMILES string of the molecule is Fc1nc(F)c(F)c(NC2CCN(CC(F)(F)F)C2)c1F. The number of anilines is 1. The summed E-state index contributed by atoms with van der Waals surface area (Å²) in [6.45, 7) is -1.25. The van der Waals surface area contributed by atoms with Crippen molar-refractivity contribution in [2.24, 2.45) is 0 Å². The summed E-state index contributed by atoms with van der Waals surface area (Å²) in [5, 5.41) is 2.20. The molecule has 0 bridgehead atoms. The van der Waals surface area contributed by atoms with Crippen LogP contribution in [0.1, 0.15) is 6.42 Å². The molecule has 3 nitrogen and oxygen atoms in total. The molecule has 0 amide bonds. The van der Waals surface area contributed by atoms with Crippen molar-refractivity contribution < 1.29 is 30.7 Å². The van der Waals surface area contributed by atoms with Gasteiger partial charge in [-0.3, -0.25) is 4.90 Å². The molecule has 1 atom stereocenters. The lowest BCUT2D eigenvalue weighted by Crippen LogP contribution is -2.34.